The summed E-state index contributed by atoms with van der Waals surface area (Å²) in [5, 5.41) is 9.35. The van der Waals surface area contributed by atoms with E-state index in [0.717, 1.165) is 43.6 Å². The van der Waals surface area contributed by atoms with Gasteiger partial charge in [0.25, 0.3) is 0 Å². The molecule has 0 aromatic rings. The molecule has 1 fully saturated rings. The van der Waals surface area contributed by atoms with Crippen molar-refractivity contribution in [3.8, 4) is 6.07 Å². The van der Waals surface area contributed by atoms with Gasteiger partial charge in [-0.15, -0.1) is 0 Å². The molecule has 134 valence electrons. The van der Waals surface area contributed by atoms with Gasteiger partial charge in [-0.3, -0.25) is 0 Å². The van der Waals surface area contributed by atoms with Gasteiger partial charge >= 0.3 is 0 Å². The molecule has 2 atom stereocenters. The van der Waals surface area contributed by atoms with Gasteiger partial charge in [0.05, 0.1) is 12.1 Å². The molecule has 0 spiro atoms. The van der Waals surface area contributed by atoms with Gasteiger partial charge in [-0.2, -0.15) is 5.26 Å². The summed E-state index contributed by atoms with van der Waals surface area (Å²) in [4.78, 5) is 4.90. The van der Waals surface area contributed by atoms with Crippen molar-refractivity contribution in [2.24, 2.45) is 5.73 Å². The molecule has 2 aliphatic carbocycles. The summed E-state index contributed by atoms with van der Waals surface area (Å²) in [5.41, 5.74) is 12.8. The van der Waals surface area contributed by atoms with E-state index in [2.05, 4.69) is 53.7 Å². The average Bonchev–Trinajstić information content (AvgIpc) is 2.90. The van der Waals surface area contributed by atoms with E-state index in [1.807, 2.05) is 6.08 Å². The third-order valence-corrected chi connectivity index (χ3v) is 5.92. The Morgan fingerprint density at radius 1 is 1.23 bits per heavy atom. The molecule has 0 bridgehead atoms. The molecule has 26 heavy (non-hydrogen) atoms. The third-order valence-electron chi connectivity index (χ3n) is 5.92. The van der Waals surface area contributed by atoms with Crippen LogP contribution in [0.3, 0.4) is 0 Å². The molecular formula is C22H26N4. The molecular weight excluding hydrogens is 320 g/mol. The molecule has 2 heterocycles. The van der Waals surface area contributed by atoms with E-state index in [0.29, 0.717) is 18.0 Å². The lowest BCUT2D eigenvalue weighted by Gasteiger charge is -2.33. The Morgan fingerprint density at radius 3 is 2.85 bits per heavy atom. The van der Waals surface area contributed by atoms with E-state index >= 15 is 0 Å². The molecule has 4 aliphatic rings. The van der Waals surface area contributed by atoms with Crippen LogP contribution in [-0.4, -0.2) is 35.0 Å². The van der Waals surface area contributed by atoms with Crippen molar-refractivity contribution in [3.63, 3.8) is 0 Å². The molecule has 2 unspecified atom stereocenters. The Kier molecular flexibility index (Phi) is 4.34. The maximum Gasteiger partial charge on any atom is 0.0964 e. The van der Waals surface area contributed by atoms with E-state index in [9.17, 15) is 5.26 Å². The maximum absolute atomic E-state index is 9.35. The quantitative estimate of drug-likeness (QED) is 0.831. The molecule has 0 aromatic carbocycles. The van der Waals surface area contributed by atoms with Gasteiger partial charge < -0.3 is 15.5 Å². The minimum Gasteiger partial charge on any atom is -0.366 e. The first-order valence-corrected chi connectivity index (χ1v) is 9.45. The summed E-state index contributed by atoms with van der Waals surface area (Å²) in [7, 11) is 0. The standard InChI is InChI=1S/C22H26N4/c1-15-7-9-20-14-26(22-6-4-3-5-18(22)13-25(15)20)16(2)17-8-10-21(24)19(11-17)12-23/h5-8,11,20-21H,2-4,9-10,13-14,24H2,1H3. The number of nitrogens with zero attached hydrogens (tertiary/aromatic N) is 3. The van der Waals surface area contributed by atoms with Crippen LogP contribution >= 0.6 is 0 Å². The van der Waals surface area contributed by atoms with Crippen molar-refractivity contribution >= 4 is 0 Å². The monoisotopic (exact) mass is 346 g/mol. The van der Waals surface area contributed by atoms with Gasteiger partial charge in [0.2, 0.25) is 0 Å². The third kappa shape index (κ3) is 2.83. The topological polar surface area (TPSA) is 56.3 Å². The molecule has 1 saturated heterocycles. The fraction of sp³-hybridized carbons (Fsp3) is 0.409. The van der Waals surface area contributed by atoms with E-state index in [1.54, 1.807) is 0 Å². The number of allylic oxidation sites excluding steroid dienone is 4. The van der Waals surface area contributed by atoms with Crippen molar-refractivity contribution in [1.29, 1.82) is 5.26 Å². The largest absolute Gasteiger partial charge is 0.366 e. The minimum atomic E-state index is -0.192. The van der Waals surface area contributed by atoms with E-state index < -0.39 is 0 Å². The van der Waals surface area contributed by atoms with Gasteiger partial charge in [0.15, 0.2) is 0 Å². The highest BCUT2D eigenvalue weighted by Crippen LogP contribution is 2.37. The van der Waals surface area contributed by atoms with Crippen LogP contribution in [0.4, 0.5) is 0 Å². The Bertz CT molecular complexity index is 831. The fourth-order valence-electron chi connectivity index (χ4n) is 4.34. The smallest absolute Gasteiger partial charge is 0.0964 e. The van der Waals surface area contributed by atoms with Crippen LogP contribution in [0.5, 0.6) is 0 Å². The van der Waals surface area contributed by atoms with Crippen LogP contribution in [0, 0.1) is 11.3 Å². The predicted octanol–water partition coefficient (Wildman–Crippen LogP) is 3.51. The molecule has 4 rings (SSSR count). The summed E-state index contributed by atoms with van der Waals surface area (Å²) < 4.78 is 0. The highest BCUT2D eigenvalue weighted by molar-refractivity contribution is 5.50. The highest BCUT2D eigenvalue weighted by Gasteiger charge is 2.34. The maximum atomic E-state index is 9.35. The first kappa shape index (κ1) is 16.9. The van der Waals surface area contributed by atoms with Gasteiger partial charge in [-0.25, -0.2) is 0 Å². The summed E-state index contributed by atoms with van der Waals surface area (Å²) >= 11 is 0. The summed E-state index contributed by atoms with van der Waals surface area (Å²) in [6.45, 7) is 8.54. The lowest BCUT2D eigenvalue weighted by molar-refractivity contribution is 0.271. The number of rotatable bonds is 2. The Balaban J connectivity index is 1.68. The number of hydrogen-bond acceptors (Lipinski definition) is 4. The van der Waals surface area contributed by atoms with Crippen LogP contribution in [0.15, 0.2) is 70.8 Å². The fourth-order valence-corrected chi connectivity index (χ4v) is 4.34. The Labute approximate surface area is 155 Å². The van der Waals surface area contributed by atoms with Gasteiger partial charge in [0, 0.05) is 41.8 Å². The number of hydrogen-bond donors (Lipinski definition) is 1. The van der Waals surface area contributed by atoms with Crippen LogP contribution in [0.2, 0.25) is 0 Å². The SMILES string of the molecule is C=C(C1=CCC(N)C(C#N)=C1)N1CC2CC=C(C)N2CC2=CCCC=C21. The average molecular weight is 346 g/mol. The van der Waals surface area contributed by atoms with Gasteiger partial charge in [-0.05, 0) is 49.8 Å². The van der Waals surface area contributed by atoms with Crippen molar-refractivity contribution in [3.05, 3.63) is 70.8 Å². The normalized spacial score (nSPS) is 27.8. The summed E-state index contributed by atoms with van der Waals surface area (Å²) in [6.07, 6.45) is 15.1. The van der Waals surface area contributed by atoms with Crippen molar-refractivity contribution in [2.45, 2.75) is 44.7 Å². The number of fused-ring (bicyclic) bond motifs is 2. The Hall–Kier alpha value is -2.51. The van der Waals surface area contributed by atoms with Crippen LogP contribution in [0.1, 0.15) is 32.6 Å². The van der Waals surface area contributed by atoms with Gasteiger partial charge in [-0.1, -0.05) is 30.9 Å². The summed E-state index contributed by atoms with van der Waals surface area (Å²) in [6, 6.07) is 2.53. The minimum absolute atomic E-state index is 0.192. The molecule has 0 saturated carbocycles. The molecule has 4 heteroatoms. The van der Waals surface area contributed by atoms with E-state index in [4.69, 9.17) is 5.73 Å². The lowest BCUT2D eigenvalue weighted by Crippen LogP contribution is -2.36. The first-order chi connectivity index (χ1) is 12.6. The second kappa shape index (κ2) is 6.66. The lowest BCUT2D eigenvalue weighted by atomic mass is 9.93. The van der Waals surface area contributed by atoms with Crippen LogP contribution < -0.4 is 5.73 Å². The van der Waals surface area contributed by atoms with Crippen LogP contribution in [-0.2, 0) is 0 Å². The number of nitriles is 1. The molecule has 0 radical (unpaired) electrons. The van der Waals surface area contributed by atoms with Crippen molar-refractivity contribution in [2.75, 3.05) is 13.1 Å². The zero-order chi connectivity index (χ0) is 18.3. The van der Waals surface area contributed by atoms with E-state index in [-0.39, 0.29) is 6.04 Å². The zero-order valence-electron chi connectivity index (χ0n) is 15.4. The van der Waals surface area contributed by atoms with Crippen molar-refractivity contribution < 1.29 is 0 Å². The number of nitrogens with two attached hydrogens (primary N) is 1. The second-order valence-corrected chi connectivity index (χ2v) is 7.53. The highest BCUT2D eigenvalue weighted by atomic mass is 15.3. The van der Waals surface area contributed by atoms with E-state index in [1.165, 1.54) is 17.0 Å². The first-order valence-electron chi connectivity index (χ1n) is 9.45. The Morgan fingerprint density at radius 2 is 2.04 bits per heavy atom. The molecule has 2 aliphatic heterocycles. The van der Waals surface area contributed by atoms with Gasteiger partial charge in [0.1, 0.15) is 0 Å². The summed E-state index contributed by atoms with van der Waals surface area (Å²) in [5.74, 6) is 0. The molecule has 0 aromatic heterocycles. The van der Waals surface area contributed by atoms with Crippen LogP contribution in [0.25, 0.3) is 0 Å². The predicted molar refractivity (Wildman–Crippen MR) is 104 cm³/mol. The zero-order valence-corrected chi connectivity index (χ0v) is 15.4. The molecule has 2 N–H and O–H groups in total. The molecule has 4 nitrogen and oxygen atoms in total. The second-order valence-electron chi connectivity index (χ2n) is 7.53. The molecule has 0 amide bonds. The van der Waals surface area contributed by atoms with Crippen molar-refractivity contribution in [1.82, 2.24) is 9.80 Å².